The Morgan fingerprint density at radius 1 is 0.814 bits per heavy atom. The topological polar surface area (TPSA) is 153 Å². The van der Waals surface area contributed by atoms with Gasteiger partial charge in [0.1, 0.15) is 6.61 Å². The molecule has 23 heteroatoms. The van der Waals surface area contributed by atoms with E-state index in [9.17, 15) is 57.9 Å². The number of halogens is 11. The van der Waals surface area contributed by atoms with Gasteiger partial charge in [-0.05, 0) is 5.53 Å². The van der Waals surface area contributed by atoms with E-state index in [4.69, 9.17) is 19.7 Å². The van der Waals surface area contributed by atoms with Crippen LogP contribution in [-0.4, -0.2) is 114 Å². The zero-order valence-electron chi connectivity index (χ0n) is 22.2. The number of rotatable bonds is 22. The number of ether oxygens (including phenoxy) is 5. The predicted molar refractivity (Wildman–Crippen MR) is 119 cm³/mol. The molecule has 0 spiro atoms. The number of nitrogens with one attached hydrogen (secondary N) is 2. The first-order valence-corrected chi connectivity index (χ1v) is 11.9. The summed E-state index contributed by atoms with van der Waals surface area (Å²) in [6.07, 6.45) is -24.1. The van der Waals surface area contributed by atoms with Crippen molar-refractivity contribution in [2.75, 3.05) is 65.9 Å². The van der Waals surface area contributed by atoms with E-state index in [1.165, 1.54) is 5.32 Å². The average Bonchev–Trinajstić information content (AvgIpc) is 2.86. The smallest absolute Gasteiger partial charge is 0.379 e. The van der Waals surface area contributed by atoms with Crippen LogP contribution in [0.3, 0.4) is 0 Å². The van der Waals surface area contributed by atoms with Crippen LogP contribution in [0.5, 0.6) is 0 Å². The Hall–Kier alpha value is -2.72. The molecule has 2 amide bonds. The van der Waals surface area contributed by atoms with E-state index < -0.39 is 67.9 Å². The van der Waals surface area contributed by atoms with Crippen molar-refractivity contribution in [1.29, 1.82) is 0 Å². The first-order valence-electron chi connectivity index (χ1n) is 11.9. The summed E-state index contributed by atoms with van der Waals surface area (Å²) in [7, 11) is 0. The fourth-order valence-electron chi connectivity index (χ4n) is 2.48. The van der Waals surface area contributed by atoms with Crippen molar-refractivity contribution >= 4 is 11.8 Å². The Morgan fingerprint density at radius 3 is 1.86 bits per heavy atom. The summed E-state index contributed by atoms with van der Waals surface area (Å²) >= 11 is 0. The summed E-state index contributed by atoms with van der Waals surface area (Å²) in [5.74, 6) is -13.8. The van der Waals surface area contributed by atoms with Gasteiger partial charge in [0.2, 0.25) is 12.0 Å². The van der Waals surface area contributed by atoms with Crippen LogP contribution in [0.4, 0.5) is 48.3 Å². The number of amides is 2. The fourth-order valence-corrected chi connectivity index (χ4v) is 2.48. The van der Waals surface area contributed by atoms with Crippen LogP contribution in [0.2, 0.25) is 0 Å². The number of hydrogen-bond acceptors (Lipinski definition) is 8. The first kappa shape index (κ1) is 40.3. The number of alkyl halides is 11. The van der Waals surface area contributed by atoms with Gasteiger partial charge in [-0.3, -0.25) is 14.3 Å². The summed E-state index contributed by atoms with van der Waals surface area (Å²) in [6.45, 7) is -3.91. The molecule has 2 unspecified atom stereocenters. The molecular formula is C20H28F11N5O7. The Bertz CT molecular complexity index is 900. The zero-order valence-corrected chi connectivity index (χ0v) is 22.2. The van der Waals surface area contributed by atoms with Crippen LogP contribution < -0.4 is 10.6 Å². The van der Waals surface area contributed by atoms with Crippen molar-refractivity contribution in [2.45, 2.75) is 49.7 Å². The lowest BCUT2D eigenvalue weighted by molar-refractivity contribution is -0.474. The van der Waals surface area contributed by atoms with Gasteiger partial charge in [-0.25, -0.2) is 8.78 Å². The molecule has 0 aliphatic rings. The molecule has 0 saturated heterocycles. The molecular weight excluding hydrogens is 631 g/mol. The summed E-state index contributed by atoms with van der Waals surface area (Å²) in [5, 5.41) is 6.98. The molecule has 252 valence electrons. The van der Waals surface area contributed by atoms with Crippen LogP contribution in [0.15, 0.2) is 5.11 Å². The number of carbonyl (C=O) groups excluding carboxylic acids is 2. The second-order valence-electron chi connectivity index (χ2n) is 8.19. The monoisotopic (exact) mass is 659 g/mol. The minimum Gasteiger partial charge on any atom is -0.379 e. The van der Waals surface area contributed by atoms with Gasteiger partial charge in [-0.15, -0.1) is 0 Å². The molecule has 0 bridgehead atoms. The summed E-state index contributed by atoms with van der Waals surface area (Å²) in [4.78, 5) is 25.9. The van der Waals surface area contributed by atoms with Crippen molar-refractivity contribution in [3.63, 3.8) is 0 Å². The fraction of sp³-hybridized carbons (Fsp3) is 0.900. The second kappa shape index (κ2) is 18.2. The quantitative estimate of drug-likeness (QED) is 0.0594. The molecule has 0 heterocycles. The van der Waals surface area contributed by atoms with Crippen LogP contribution >= 0.6 is 0 Å². The minimum absolute atomic E-state index is 0.0175. The molecule has 0 aromatic carbocycles. The molecule has 12 nitrogen and oxygen atoms in total. The van der Waals surface area contributed by atoms with E-state index in [1.54, 1.807) is 0 Å². The van der Waals surface area contributed by atoms with Crippen LogP contribution in [0, 0.1) is 0 Å². The van der Waals surface area contributed by atoms with E-state index in [0.29, 0.717) is 0 Å². The maximum atomic E-state index is 14.1. The third-order valence-corrected chi connectivity index (χ3v) is 4.42. The maximum Gasteiger partial charge on any atom is 0.457 e. The highest BCUT2D eigenvalue weighted by Gasteiger charge is 2.76. The maximum absolute atomic E-state index is 14.1. The van der Waals surface area contributed by atoms with Gasteiger partial charge in [0.05, 0.1) is 39.6 Å². The molecule has 0 rings (SSSR count). The first-order chi connectivity index (χ1) is 19.7. The zero-order chi connectivity index (χ0) is 33.4. The van der Waals surface area contributed by atoms with Crippen molar-refractivity contribution in [2.24, 2.45) is 5.11 Å². The molecule has 0 aromatic heterocycles. The standard InChI is InChI=1S/C20H28F11N5O7/c1-16(21,22)12-42-18(26,19(27,28)29)20(30,31)43-14(17(23,24)25)15(38)34-4-8-40-7-3-33-13(37)2-6-39-10-11-41-9-5-35-36-32/h14H,2-12H2,1H3,(H,33,37)(H,34,38). The molecule has 2 atom stereocenters. The molecule has 0 aliphatic heterocycles. The number of carbonyl (C=O) groups is 2. The second-order valence-corrected chi connectivity index (χ2v) is 8.19. The Labute approximate surface area is 236 Å². The third-order valence-electron chi connectivity index (χ3n) is 4.42. The van der Waals surface area contributed by atoms with E-state index >= 15 is 0 Å². The lowest BCUT2D eigenvalue weighted by atomic mass is 10.2. The van der Waals surface area contributed by atoms with Crippen molar-refractivity contribution in [3.8, 4) is 0 Å². The van der Waals surface area contributed by atoms with Gasteiger partial charge in [0, 0.05) is 37.9 Å². The largest absolute Gasteiger partial charge is 0.457 e. The molecule has 0 radical (unpaired) electrons. The van der Waals surface area contributed by atoms with Crippen LogP contribution in [-0.2, 0) is 33.3 Å². The molecule has 0 saturated carbocycles. The highest BCUT2D eigenvalue weighted by atomic mass is 19.4. The van der Waals surface area contributed by atoms with Crippen LogP contribution in [0.25, 0.3) is 10.4 Å². The van der Waals surface area contributed by atoms with E-state index in [1.807, 2.05) is 0 Å². The van der Waals surface area contributed by atoms with Gasteiger partial charge < -0.3 is 29.6 Å². The van der Waals surface area contributed by atoms with Crippen molar-refractivity contribution in [3.05, 3.63) is 10.4 Å². The Morgan fingerprint density at radius 2 is 1.35 bits per heavy atom. The summed E-state index contributed by atoms with van der Waals surface area (Å²) < 4.78 is 167. The van der Waals surface area contributed by atoms with Gasteiger partial charge in [0.15, 0.2) is 0 Å². The van der Waals surface area contributed by atoms with Gasteiger partial charge in [-0.2, -0.15) is 39.5 Å². The lowest BCUT2D eigenvalue weighted by Gasteiger charge is -2.36. The average molecular weight is 659 g/mol. The number of hydrogen-bond donors (Lipinski definition) is 2. The van der Waals surface area contributed by atoms with Crippen molar-refractivity contribution in [1.82, 2.24) is 10.6 Å². The summed E-state index contributed by atoms with van der Waals surface area (Å²) in [5.41, 5.74) is 8.07. The van der Waals surface area contributed by atoms with Gasteiger partial charge >= 0.3 is 24.3 Å². The predicted octanol–water partition coefficient (Wildman–Crippen LogP) is 3.41. The summed E-state index contributed by atoms with van der Waals surface area (Å²) in [6, 6.07) is 0. The molecule has 43 heavy (non-hydrogen) atoms. The molecule has 0 aliphatic carbocycles. The Balaban J connectivity index is 4.62. The van der Waals surface area contributed by atoms with E-state index in [2.05, 4.69) is 24.8 Å². The highest BCUT2D eigenvalue weighted by Crippen LogP contribution is 2.48. The van der Waals surface area contributed by atoms with Crippen LogP contribution in [0.1, 0.15) is 13.3 Å². The molecule has 0 aromatic rings. The van der Waals surface area contributed by atoms with E-state index in [-0.39, 0.29) is 59.5 Å². The van der Waals surface area contributed by atoms with E-state index in [0.717, 1.165) is 0 Å². The highest BCUT2D eigenvalue weighted by molar-refractivity contribution is 5.81. The third kappa shape index (κ3) is 16.1. The number of azide groups is 1. The SMILES string of the molecule is CC(F)(F)COC(F)(C(F)(F)F)C(F)(F)OC(C(=O)NCCOCCNC(=O)CCOCCOCCN=[N+]=[N-])C(F)(F)F. The Kier molecular flexibility index (Phi) is 17.0. The minimum atomic E-state index is -6.88. The normalized spacial score (nSPS) is 14.9. The molecule has 2 N–H and O–H groups in total. The van der Waals surface area contributed by atoms with Crippen molar-refractivity contribution < 1.29 is 81.6 Å². The van der Waals surface area contributed by atoms with Gasteiger partial charge in [-0.1, -0.05) is 5.11 Å². The number of nitrogens with zero attached hydrogens (tertiary/aromatic N) is 3. The molecule has 0 fully saturated rings. The van der Waals surface area contributed by atoms with Gasteiger partial charge in [0.25, 0.3) is 11.8 Å². The lowest BCUT2D eigenvalue weighted by Crippen LogP contribution is -2.62.